The van der Waals surface area contributed by atoms with Crippen LogP contribution in [-0.4, -0.2) is 20.2 Å². The maximum Gasteiger partial charge on any atom is 0.197 e. The van der Waals surface area contributed by atoms with Gasteiger partial charge in [0.15, 0.2) is 5.82 Å². The molecule has 10 heavy (non-hydrogen) atoms. The van der Waals surface area contributed by atoms with E-state index in [1.165, 1.54) is 0 Å². The molecule has 0 bridgehead atoms. The molecule has 1 aromatic heterocycles. The third kappa shape index (κ3) is 2.01. The molecule has 0 aliphatic rings. The van der Waals surface area contributed by atoms with Crippen molar-refractivity contribution >= 4 is 45.2 Å². The molecule has 0 atom stereocenters. The highest BCUT2D eigenvalue weighted by atomic mass is 127. The summed E-state index contributed by atoms with van der Waals surface area (Å²) in [6.07, 6.45) is 0. The van der Waals surface area contributed by atoms with Crippen molar-refractivity contribution in [2.75, 3.05) is 0 Å². The molecule has 1 heterocycles. The van der Waals surface area contributed by atoms with Crippen LogP contribution in [0.4, 0.5) is 0 Å². The fourth-order valence-electron chi connectivity index (χ4n) is 0.477. The Morgan fingerprint density at radius 1 is 1.60 bits per heavy atom. The van der Waals surface area contributed by atoms with Crippen molar-refractivity contribution in [2.24, 2.45) is 0 Å². The first kappa shape index (κ1) is 8.62. The van der Waals surface area contributed by atoms with Crippen LogP contribution in [0.15, 0.2) is 0 Å². The molecule has 0 fully saturated rings. The first-order valence-corrected chi connectivity index (χ1v) is 5.29. The number of hydrogen-bond donors (Lipinski definition) is 0. The lowest BCUT2D eigenvalue weighted by Crippen LogP contribution is -1.98. The number of aromatic nitrogens is 4. The molecular weight excluding hydrogens is 358 g/mol. The second kappa shape index (κ2) is 3.79. The molecule has 56 valence electrons. The SMILES string of the molecule is CCn1nnc(C(I)I)n1. The summed E-state index contributed by atoms with van der Waals surface area (Å²) >= 11 is 4.49. The maximum atomic E-state index is 4.11. The van der Waals surface area contributed by atoms with Gasteiger partial charge < -0.3 is 0 Å². The smallest absolute Gasteiger partial charge is 0.164 e. The number of aryl methyl sites for hydroxylation is 1. The third-order valence-corrected chi connectivity index (χ3v) is 2.06. The average molecular weight is 364 g/mol. The molecule has 6 heteroatoms. The van der Waals surface area contributed by atoms with Gasteiger partial charge in [-0.1, -0.05) is 45.2 Å². The molecule has 0 aromatic carbocycles. The van der Waals surface area contributed by atoms with Crippen LogP contribution in [0.25, 0.3) is 0 Å². The Kier molecular flexibility index (Phi) is 3.27. The molecule has 0 aliphatic carbocycles. The highest BCUT2D eigenvalue weighted by Crippen LogP contribution is 2.26. The molecule has 0 N–H and O–H groups in total. The van der Waals surface area contributed by atoms with Gasteiger partial charge in [-0.25, -0.2) is 0 Å². The van der Waals surface area contributed by atoms with Crippen LogP contribution in [0.1, 0.15) is 14.7 Å². The van der Waals surface area contributed by atoms with Crippen LogP contribution in [-0.2, 0) is 6.54 Å². The first-order valence-electron chi connectivity index (χ1n) is 2.80. The van der Waals surface area contributed by atoms with E-state index >= 15 is 0 Å². The molecule has 0 aliphatic heterocycles. The largest absolute Gasteiger partial charge is 0.197 e. The lowest BCUT2D eigenvalue weighted by Gasteiger charge is -1.89. The summed E-state index contributed by atoms with van der Waals surface area (Å²) in [6, 6.07) is 0. The Labute approximate surface area is 86.0 Å². The zero-order valence-corrected chi connectivity index (χ0v) is 9.64. The van der Waals surface area contributed by atoms with Crippen LogP contribution < -0.4 is 0 Å². The van der Waals surface area contributed by atoms with Gasteiger partial charge in [0, 0.05) is 0 Å². The summed E-state index contributed by atoms with van der Waals surface area (Å²) in [5.74, 6) is 0.794. The van der Waals surface area contributed by atoms with E-state index in [1.54, 1.807) is 4.80 Å². The number of halogens is 2. The van der Waals surface area contributed by atoms with Gasteiger partial charge in [0.25, 0.3) is 0 Å². The highest BCUT2D eigenvalue weighted by Gasteiger charge is 2.07. The Hall–Kier alpha value is 0.530. The van der Waals surface area contributed by atoms with Crippen molar-refractivity contribution in [2.45, 2.75) is 15.4 Å². The zero-order valence-electron chi connectivity index (χ0n) is 5.33. The van der Waals surface area contributed by atoms with E-state index in [2.05, 4.69) is 60.6 Å². The van der Waals surface area contributed by atoms with E-state index < -0.39 is 0 Å². The van der Waals surface area contributed by atoms with Crippen molar-refractivity contribution < 1.29 is 0 Å². The molecule has 0 spiro atoms. The first-order chi connectivity index (χ1) is 4.74. The number of nitrogens with zero attached hydrogens (tertiary/aromatic N) is 4. The zero-order chi connectivity index (χ0) is 7.56. The molecule has 1 aromatic rings. The second-order valence-corrected chi connectivity index (χ2v) is 6.51. The predicted octanol–water partition coefficient (Wildman–Crippen LogP) is 1.56. The normalized spacial score (nSPS) is 10.8. The average Bonchev–Trinajstić information content (AvgIpc) is 2.34. The number of tetrazole rings is 1. The van der Waals surface area contributed by atoms with Gasteiger partial charge in [-0.15, -0.1) is 10.2 Å². The Morgan fingerprint density at radius 3 is 2.60 bits per heavy atom. The molecular formula is C4H6I2N4. The summed E-state index contributed by atoms with van der Waals surface area (Å²) in [6.45, 7) is 2.77. The van der Waals surface area contributed by atoms with Gasteiger partial charge >= 0.3 is 0 Å². The quantitative estimate of drug-likeness (QED) is 0.591. The summed E-state index contributed by atoms with van der Waals surface area (Å²) < 4.78 is 0.315. The van der Waals surface area contributed by atoms with Gasteiger partial charge in [0.05, 0.1) is 6.54 Å². The lowest BCUT2D eigenvalue weighted by atomic mass is 10.8. The molecule has 0 amide bonds. The fourth-order valence-corrected chi connectivity index (χ4v) is 0.975. The minimum atomic E-state index is 0.315. The van der Waals surface area contributed by atoms with E-state index in [-0.39, 0.29) is 0 Å². The Morgan fingerprint density at radius 2 is 2.30 bits per heavy atom. The monoisotopic (exact) mass is 364 g/mol. The summed E-state index contributed by atoms with van der Waals surface area (Å²) in [4.78, 5) is 1.58. The van der Waals surface area contributed by atoms with E-state index in [4.69, 9.17) is 0 Å². The number of hydrogen-bond acceptors (Lipinski definition) is 3. The number of alkyl halides is 2. The van der Waals surface area contributed by atoms with Crippen LogP contribution in [0.5, 0.6) is 0 Å². The third-order valence-electron chi connectivity index (χ3n) is 0.946. The summed E-state index contributed by atoms with van der Waals surface area (Å²) in [5, 5.41) is 11.8. The van der Waals surface area contributed by atoms with E-state index in [1.807, 2.05) is 6.92 Å². The molecule has 4 nitrogen and oxygen atoms in total. The maximum absolute atomic E-state index is 4.11. The lowest BCUT2D eigenvalue weighted by molar-refractivity contribution is 0.551. The van der Waals surface area contributed by atoms with E-state index in [0.29, 0.717) is 1.93 Å². The van der Waals surface area contributed by atoms with Crippen LogP contribution in [0.3, 0.4) is 0 Å². The van der Waals surface area contributed by atoms with Crippen molar-refractivity contribution in [3.05, 3.63) is 5.82 Å². The van der Waals surface area contributed by atoms with Crippen molar-refractivity contribution in [1.82, 2.24) is 20.2 Å². The van der Waals surface area contributed by atoms with Crippen LogP contribution in [0.2, 0.25) is 0 Å². The van der Waals surface area contributed by atoms with Crippen LogP contribution >= 0.6 is 45.2 Å². The number of rotatable bonds is 2. The van der Waals surface area contributed by atoms with Crippen LogP contribution in [0, 0.1) is 0 Å². The van der Waals surface area contributed by atoms with Crippen molar-refractivity contribution in [3.8, 4) is 0 Å². The van der Waals surface area contributed by atoms with Gasteiger partial charge in [0.2, 0.25) is 0 Å². The van der Waals surface area contributed by atoms with E-state index in [0.717, 1.165) is 12.4 Å². The van der Waals surface area contributed by atoms with Crippen molar-refractivity contribution in [3.63, 3.8) is 0 Å². The fraction of sp³-hybridized carbons (Fsp3) is 0.750. The Balaban J connectivity index is 2.78. The van der Waals surface area contributed by atoms with Gasteiger partial charge in [0.1, 0.15) is 1.93 Å². The minimum absolute atomic E-state index is 0.315. The molecule has 0 unspecified atom stereocenters. The highest BCUT2D eigenvalue weighted by molar-refractivity contribution is 14.2. The van der Waals surface area contributed by atoms with Gasteiger partial charge in [-0.2, -0.15) is 4.80 Å². The second-order valence-electron chi connectivity index (χ2n) is 1.64. The minimum Gasteiger partial charge on any atom is -0.164 e. The Bertz CT molecular complexity index is 209. The van der Waals surface area contributed by atoms with E-state index in [9.17, 15) is 0 Å². The summed E-state index contributed by atoms with van der Waals surface area (Å²) in [7, 11) is 0. The topological polar surface area (TPSA) is 43.6 Å². The van der Waals surface area contributed by atoms with Gasteiger partial charge in [-0.3, -0.25) is 0 Å². The molecule has 0 saturated carbocycles. The molecule has 0 saturated heterocycles. The standard InChI is InChI=1S/C4H6I2N4/c1-2-10-8-4(3(5)6)7-9-10/h3H,2H2,1H3. The van der Waals surface area contributed by atoms with Crippen molar-refractivity contribution in [1.29, 1.82) is 0 Å². The predicted molar refractivity (Wildman–Crippen MR) is 54.3 cm³/mol. The molecule has 1 rings (SSSR count). The molecule has 0 radical (unpaired) electrons. The van der Waals surface area contributed by atoms with Gasteiger partial charge in [-0.05, 0) is 12.1 Å². The summed E-state index contributed by atoms with van der Waals surface area (Å²) in [5.41, 5.74) is 0.